The van der Waals surface area contributed by atoms with Gasteiger partial charge in [0.15, 0.2) is 0 Å². The quantitative estimate of drug-likeness (QED) is 0.309. The number of nitrogens with zero attached hydrogens (tertiary/aromatic N) is 1. The van der Waals surface area contributed by atoms with E-state index >= 15 is 0 Å². The number of rotatable bonds is 5. The van der Waals surface area contributed by atoms with Gasteiger partial charge < -0.3 is 9.72 Å². The lowest BCUT2D eigenvalue weighted by atomic mass is 9.92. The molecule has 5 rings (SSSR count). The molecule has 0 bridgehead atoms. The second-order valence-electron chi connectivity index (χ2n) is 8.80. The molecule has 1 atom stereocenters. The first kappa shape index (κ1) is 22.3. The predicted octanol–water partition coefficient (Wildman–Crippen LogP) is 7.39. The van der Waals surface area contributed by atoms with Crippen LogP contribution < -0.4 is 4.74 Å². The fourth-order valence-corrected chi connectivity index (χ4v) is 4.88. The molecule has 5 heteroatoms. The van der Waals surface area contributed by atoms with Gasteiger partial charge in [-0.15, -0.1) is 6.58 Å². The third-order valence-electron chi connectivity index (χ3n) is 6.48. The number of fused-ring (bicyclic) bond motifs is 3. The average Bonchev–Trinajstić information content (AvgIpc) is 3.21. The van der Waals surface area contributed by atoms with Crippen LogP contribution in [0, 0.1) is 6.92 Å². The Hall–Kier alpha value is -3.50. The van der Waals surface area contributed by atoms with Crippen molar-refractivity contribution < 1.29 is 9.53 Å². The number of ether oxygens (including phenoxy) is 1. The lowest BCUT2D eigenvalue weighted by molar-refractivity contribution is 0.135. The molecule has 1 aliphatic heterocycles. The number of allylic oxidation sites excluding steroid dienone is 1. The number of hydrogen-bond donors (Lipinski definition) is 1. The van der Waals surface area contributed by atoms with Gasteiger partial charge in [-0.3, -0.25) is 4.90 Å². The number of carbonyl (C=O) groups is 1. The normalized spacial score (nSPS) is 15.2. The topological polar surface area (TPSA) is 45.3 Å². The maximum absolute atomic E-state index is 13.4. The number of halogens is 1. The Morgan fingerprint density at radius 1 is 1.15 bits per heavy atom. The number of benzene rings is 3. The summed E-state index contributed by atoms with van der Waals surface area (Å²) in [5.41, 5.74) is 6.66. The Kier molecular flexibility index (Phi) is 6.16. The highest BCUT2D eigenvalue weighted by Gasteiger charge is 2.35. The summed E-state index contributed by atoms with van der Waals surface area (Å²) in [5, 5.41) is 1.82. The van der Waals surface area contributed by atoms with Crippen molar-refractivity contribution in [1.82, 2.24) is 9.88 Å². The van der Waals surface area contributed by atoms with Gasteiger partial charge in [0.05, 0.1) is 0 Å². The van der Waals surface area contributed by atoms with E-state index in [1.165, 1.54) is 11.1 Å². The van der Waals surface area contributed by atoms with Gasteiger partial charge in [-0.25, -0.2) is 4.79 Å². The van der Waals surface area contributed by atoms with Crippen molar-refractivity contribution in [3.05, 3.63) is 112 Å². The largest absolute Gasteiger partial charge is 0.416 e. The van der Waals surface area contributed by atoms with Gasteiger partial charge in [0.25, 0.3) is 0 Å². The van der Waals surface area contributed by atoms with Crippen LogP contribution >= 0.6 is 11.6 Å². The summed E-state index contributed by atoms with van der Waals surface area (Å²) in [7, 11) is 0. The number of amides is 1. The molecule has 2 heterocycles. The maximum atomic E-state index is 13.4. The number of aromatic amines is 1. The summed E-state index contributed by atoms with van der Waals surface area (Å²) >= 11 is 6.31. The van der Waals surface area contributed by atoms with Gasteiger partial charge in [-0.05, 0) is 73.2 Å². The molecule has 1 N–H and O–H groups in total. The number of carbonyl (C=O) groups excluding carboxylic acids is 1. The van der Waals surface area contributed by atoms with Gasteiger partial charge in [-0.2, -0.15) is 0 Å². The molecule has 3 aromatic carbocycles. The van der Waals surface area contributed by atoms with Gasteiger partial charge in [0.2, 0.25) is 0 Å². The summed E-state index contributed by atoms with van der Waals surface area (Å²) in [6.45, 7) is 6.38. The monoisotopic (exact) mass is 470 g/mol. The van der Waals surface area contributed by atoms with Crippen molar-refractivity contribution in [2.75, 3.05) is 6.54 Å². The van der Waals surface area contributed by atoms with E-state index in [1.54, 1.807) is 0 Å². The van der Waals surface area contributed by atoms with Crippen LogP contribution in [-0.2, 0) is 12.8 Å². The highest BCUT2D eigenvalue weighted by molar-refractivity contribution is 6.31. The fraction of sp³-hybridized carbons (Fsp3) is 0.207. The Balaban J connectivity index is 1.54. The van der Waals surface area contributed by atoms with Crippen LogP contribution in [0.15, 0.2) is 79.4 Å². The lowest BCUT2D eigenvalue weighted by Gasteiger charge is -2.35. The SMILES string of the molecule is C=CCCc1ccc(C2c3[nH]c4ccc(Cl)cc4c3CCN2C(=O)Oc2ccc(C)cc2)cc1. The molecule has 0 spiro atoms. The fourth-order valence-electron chi connectivity index (χ4n) is 4.71. The zero-order valence-corrected chi connectivity index (χ0v) is 19.9. The van der Waals surface area contributed by atoms with Crippen LogP contribution in [0.3, 0.4) is 0 Å². The van der Waals surface area contributed by atoms with Crippen LogP contribution in [0.2, 0.25) is 5.02 Å². The average molecular weight is 471 g/mol. The molecule has 0 aliphatic carbocycles. The van der Waals surface area contributed by atoms with Gasteiger partial charge >= 0.3 is 6.09 Å². The zero-order valence-electron chi connectivity index (χ0n) is 19.2. The summed E-state index contributed by atoms with van der Waals surface area (Å²) in [4.78, 5) is 18.8. The van der Waals surface area contributed by atoms with E-state index in [9.17, 15) is 4.79 Å². The van der Waals surface area contributed by atoms with Crippen LogP contribution in [0.25, 0.3) is 10.9 Å². The molecular weight excluding hydrogens is 444 g/mol. The summed E-state index contributed by atoms with van der Waals surface area (Å²) < 4.78 is 5.79. The standard InChI is InChI=1S/C29H27ClN2O2/c1-3-4-5-20-8-10-21(11-9-20)28-27-24(25-18-22(30)12-15-26(25)31-27)16-17-32(28)29(33)34-23-13-6-19(2)7-14-23/h3,6-15,18,28,31H,1,4-5,16-17H2,2H3. The molecule has 172 valence electrons. The molecule has 1 aromatic heterocycles. The van der Waals surface area contributed by atoms with Crippen molar-refractivity contribution in [2.45, 2.75) is 32.2 Å². The van der Waals surface area contributed by atoms with Gasteiger partial charge in [0, 0.05) is 28.2 Å². The Labute approximate surface area is 204 Å². The van der Waals surface area contributed by atoms with E-state index in [0.29, 0.717) is 17.3 Å². The highest BCUT2D eigenvalue weighted by Crippen LogP contribution is 2.39. The first-order chi connectivity index (χ1) is 16.5. The minimum atomic E-state index is -0.355. The van der Waals surface area contributed by atoms with Crippen LogP contribution in [-0.4, -0.2) is 22.5 Å². The van der Waals surface area contributed by atoms with Gasteiger partial charge in [-0.1, -0.05) is 59.6 Å². The highest BCUT2D eigenvalue weighted by atomic mass is 35.5. The van der Waals surface area contributed by atoms with E-state index in [4.69, 9.17) is 16.3 Å². The third kappa shape index (κ3) is 4.34. The molecule has 1 aliphatic rings. The summed E-state index contributed by atoms with van der Waals surface area (Å²) in [5.74, 6) is 0.545. The number of hydrogen-bond acceptors (Lipinski definition) is 2. The molecule has 4 aromatic rings. The molecule has 1 amide bonds. The molecule has 0 saturated carbocycles. The van der Waals surface area contributed by atoms with Gasteiger partial charge in [0.1, 0.15) is 11.8 Å². The molecular formula is C29H27ClN2O2. The zero-order chi connectivity index (χ0) is 23.7. The second-order valence-corrected chi connectivity index (χ2v) is 9.24. The number of aryl methyl sites for hydroxylation is 2. The van der Waals surface area contributed by atoms with Crippen molar-refractivity contribution in [2.24, 2.45) is 0 Å². The summed E-state index contributed by atoms with van der Waals surface area (Å²) in [6, 6.07) is 21.7. The predicted molar refractivity (Wildman–Crippen MR) is 138 cm³/mol. The van der Waals surface area contributed by atoms with Crippen molar-refractivity contribution in [1.29, 1.82) is 0 Å². The first-order valence-corrected chi connectivity index (χ1v) is 12.0. The van der Waals surface area contributed by atoms with E-state index in [2.05, 4.69) is 35.8 Å². The molecule has 0 radical (unpaired) electrons. The second kappa shape index (κ2) is 9.40. The molecule has 0 saturated heterocycles. The van der Waals surface area contributed by atoms with E-state index in [0.717, 1.165) is 47.0 Å². The van der Waals surface area contributed by atoms with E-state index < -0.39 is 0 Å². The number of nitrogens with one attached hydrogen (secondary N) is 1. The summed E-state index contributed by atoms with van der Waals surface area (Å²) in [6.07, 6.45) is 4.19. The number of H-pyrrole nitrogens is 1. The lowest BCUT2D eigenvalue weighted by Crippen LogP contribution is -2.42. The third-order valence-corrected chi connectivity index (χ3v) is 6.72. The van der Waals surface area contributed by atoms with Crippen molar-refractivity contribution in [3.8, 4) is 5.75 Å². The van der Waals surface area contributed by atoms with Crippen LogP contribution in [0.1, 0.15) is 40.4 Å². The van der Waals surface area contributed by atoms with Crippen molar-refractivity contribution in [3.63, 3.8) is 0 Å². The molecule has 4 nitrogen and oxygen atoms in total. The molecule has 0 fully saturated rings. The molecule has 34 heavy (non-hydrogen) atoms. The van der Waals surface area contributed by atoms with Crippen molar-refractivity contribution >= 4 is 28.6 Å². The smallest absolute Gasteiger partial charge is 0.410 e. The van der Waals surface area contributed by atoms with Crippen LogP contribution in [0.4, 0.5) is 4.79 Å². The Morgan fingerprint density at radius 3 is 2.65 bits per heavy atom. The molecule has 1 unspecified atom stereocenters. The maximum Gasteiger partial charge on any atom is 0.416 e. The minimum Gasteiger partial charge on any atom is -0.410 e. The first-order valence-electron chi connectivity index (χ1n) is 11.6. The minimum absolute atomic E-state index is 0.277. The van der Waals surface area contributed by atoms with E-state index in [1.807, 2.05) is 60.4 Å². The van der Waals surface area contributed by atoms with E-state index in [-0.39, 0.29) is 12.1 Å². The Bertz CT molecular complexity index is 1340. The number of aromatic nitrogens is 1. The Morgan fingerprint density at radius 2 is 1.91 bits per heavy atom. The van der Waals surface area contributed by atoms with Crippen LogP contribution in [0.5, 0.6) is 5.75 Å².